The average Bonchev–Trinajstić information content (AvgIpc) is 2.15. The van der Waals surface area contributed by atoms with Gasteiger partial charge in [0.05, 0.1) is 12.3 Å². The van der Waals surface area contributed by atoms with Crippen LogP contribution in [0.5, 0.6) is 0 Å². The monoisotopic (exact) mass is 224 g/mol. The van der Waals surface area contributed by atoms with Gasteiger partial charge in [0.1, 0.15) is 5.82 Å². The third-order valence-corrected chi connectivity index (χ3v) is 2.88. The van der Waals surface area contributed by atoms with Crippen LogP contribution in [0.1, 0.15) is 18.9 Å². The van der Waals surface area contributed by atoms with Gasteiger partial charge in [-0.2, -0.15) is 0 Å². The number of nitrogens with zero attached hydrogens (tertiary/aromatic N) is 2. The normalized spacial score (nSPS) is 26.9. The molecule has 0 spiro atoms. The van der Waals surface area contributed by atoms with Gasteiger partial charge >= 0.3 is 0 Å². The van der Waals surface area contributed by atoms with Crippen LogP contribution in [0.25, 0.3) is 0 Å². The summed E-state index contributed by atoms with van der Waals surface area (Å²) in [7, 11) is 0. The van der Waals surface area contributed by atoms with Crippen molar-refractivity contribution in [3.05, 3.63) is 29.8 Å². The predicted octanol–water partition coefficient (Wildman–Crippen LogP) is 1.42. The van der Waals surface area contributed by atoms with Gasteiger partial charge in [0.15, 0.2) is 0 Å². The number of rotatable bonds is 2. The Balaban J connectivity index is 1.98. The van der Waals surface area contributed by atoms with Gasteiger partial charge in [-0.3, -0.25) is 9.88 Å². The number of aliphatic hydroxyl groups is 1. The molecule has 16 heavy (non-hydrogen) atoms. The molecule has 1 fully saturated rings. The topological polar surface area (TPSA) is 36.4 Å². The van der Waals surface area contributed by atoms with Crippen molar-refractivity contribution in [2.24, 2.45) is 5.92 Å². The number of halogens is 1. The summed E-state index contributed by atoms with van der Waals surface area (Å²) in [5, 5.41) is 9.65. The number of likely N-dealkylation sites (tertiary alicyclic amines) is 1. The summed E-state index contributed by atoms with van der Waals surface area (Å²) in [6.07, 6.45) is 3.48. The summed E-state index contributed by atoms with van der Waals surface area (Å²) >= 11 is 0. The average molecular weight is 224 g/mol. The largest absolute Gasteiger partial charge is 0.392 e. The van der Waals surface area contributed by atoms with Gasteiger partial charge < -0.3 is 5.11 Å². The quantitative estimate of drug-likeness (QED) is 0.825. The molecule has 1 aromatic heterocycles. The minimum absolute atomic E-state index is 0.259. The van der Waals surface area contributed by atoms with Gasteiger partial charge in [-0.25, -0.2) is 4.39 Å². The predicted molar refractivity (Wildman–Crippen MR) is 59.3 cm³/mol. The fourth-order valence-electron chi connectivity index (χ4n) is 2.36. The smallest absolute Gasteiger partial charge is 0.141 e. The standard InChI is InChI=1S/C12H17FN2O/c1-9-2-12(16)8-15(6-9)7-10-3-11(13)5-14-4-10/h3-5,9,12,16H,2,6-8H2,1H3/t9-,12+/m1/s1. The Labute approximate surface area is 94.9 Å². The molecule has 0 saturated carbocycles. The Kier molecular flexibility index (Phi) is 3.51. The molecule has 2 heterocycles. The van der Waals surface area contributed by atoms with Crippen LogP contribution >= 0.6 is 0 Å². The third-order valence-electron chi connectivity index (χ3n) is 2.88. The molecule has 0 amide bonds. The highest BCUT2D eigenvalue weighted by Crippen LogP contribution is 2.18. The molecule has 1 N–H and O–H groups in total. The van der Waals surface area contributed by atoms with E-state index in [9.17, 15) is 9.50 Å². The van der Waals surface area contributed by atoms with Gasteiger partial charge in [-0.1, -0.05) is 6.92 Å². The SMILES string of the molecule is C[C@@H]1C[C@H](O)CN(Cc2cncc(F)c2)C1. The number of hydrogen-bond acceptors (Lipinski definition) is 3. The first kappa shape index (κ1) is 11.5. The molecule has 1 aliphatic rings. The minimum Gasteiger partial charge on any atom is -0.392 e. The molecule has 3 nitrogen and oxygen atoms in total. The van der Waals surface area contributed by atoms with E-state index in [-0.39, 0.29) is 11.9 Å². The highest BCUT2D eigenvalue weighted by atomic mass is 19.1. The van der Waals surface area contributed by atoms with Gasteiger partial charge in [0.2, 0.25) is 0 Å². The van der Waals surface area contributed by atoms with Crippen molar-refractivity contribution >= 4 is 0 Å². The molecule has 4 heteroatoms. The van der Waals surface area contributed by atoms with Gasteiger partial charge in [0, 0.05) is 25.8 Å². The molecule has 0 aromatic carbocycles. The molecular weight excluding hydrogens is 207 g/mol. The van der Waals surface area contributed by atoms with Crippen molar-refractivity contribution in [2.75, 3.05) is 13.1 Å². The first-order valence-corrected chi connectivity index (χ1v) is 5.63. The lowest BCUT2D eigenvalue weighted by Gasteiger charge is -2.34. The minimum atomic E-state index is -0.303. The summed E-state index contributed by atoms with van der Waals surface area (Å²) in [4.78, 5) is 5.97. The molecular formula is C12H17FN2O. The van der Waals surface area contributed by atoms with Crippen LogP contribution in [0.2, 0.25) is 0 Å². The molecule has 0 bridgehead atoms. The lowest BCUT2D eigenvalue weighted by atomic mass is 9.97. The van der Waals surface area contributed by atoms with Gasteiger partial charge in [0.25, 0.3) is 0 Å². The number of aromatic nitrogens is 1. The van der Waals surface area contributed by atoms with Crippen molar-refractivity contribution in [2.45, 2.75) is 26.0 Å². The summed E-state index contributed by atoms with van der Waals surface area (Å²) in [6.45, 7) is 4.40. The zero-order chi connectivity index (χ0) is 11.5. The van der Waals surface area contributed by atoms with Crippen LogP contribution in [0.3, 0.4) is 0 Å². The van der Waals surface area contributed by atoms with E-state index in [1.807, 2.05) is 0 Å². The molecule has 88 valence electrons. The number of pyridine rings is 1. The number of β-amino-alcohol motifs (C(OH)–C–C–N with tert-alkyl or cyclic N) is 1. The summed E-state index contributed by atoms with van der Waals surface area (Å²) in [6, 6.07) is 1.50. The lowest BCUT2D eigenvalue weighted by Crippen LogP contribution is -2.41. The molecule has 0 aliphatic carbocycles. The van der Waals surface area contributed by atoms with E-state index in [1.54, 1.807) is 6.20 Å². The highest BCUT2D eigenvalue weighted by molar-refractivity contribution is 5.10. The van der Waals surface area contributed by atoms with E-state index >= 15 is 0 Å². The fourth-order valence-corrected chi connectivity index (χ4v) is 2.36. The van der Waals surface area contributed by atoms with E-state index in [0.29, 0.717) is 19.0 Å². The first-order chi connectivity index (χ1) is 7.63. The van der Waals surface area contributed by atoms with Crippen LogP contribution in [-0.4, -0.2) is 34.2 Å². The highest BCUT2D eigenvalue weighted by Gasteiger charge is 2.22. The summed E-state index contributed by atoms with van der Waals surface area (Å²) < 4.78 is 12.9. The van der Waals surface area contributed by atoms with Crippen LogP contribution in [0.15, 0.2) is 18.5 Å². The van der Waals surface area contributed by atoms with E-state index in [0.717, 1.165) is 18.5 Å². The molecule has 1 saturated heterocycles. The van der Waals surface area contributed by atoms with Crippen molar-refractivity contribution in [1.29, 1.82) is 0 Å². The van der Waals surface area contributed by atoms with Crippen molar-refractivity contribution < 1.29 is 9.50 Å². The van der Waals surface area contributed by atoms with Crippen molar-refractivity contribution in [1.82, 2.24) is 9.88 Å². The Hall–Kier alpha value is -1.00. The maximum Gasteiger partial charge on any atom is 0.141 e. The zero-order valence-corrected chi connectivity index (χ0v) is 9.43. The van der Waals surface area contributed by atoms with Crippen LogP contribution in [0.4, 0.5) is 4.39 Å². The molecule has 0 unspecified atom stereocenters. The van der Waals surface area contributed by atoms with Crippen molar-refractivity contribution in [3.63, 3.8) is 0 Å². The number of hydrogen-bond donors (Lipinski definition) is 1. The molecule has 1 aromatic rings. The molecule has 0 radical (unpaired) electrons. The lowest BCUT2D eigenvalue weighted by molar-refractivity contribution is 0.0408. The number of piperidine rings is 1. The van der Waals surface area contributed by atoms with Crippen LogP contribution in [0, 0.1) is 11.7 Å². The van der Waals surface area contributed by atoms with Crippen molar-refractivity contribution in [3.8, 4) is 0 Å². The summed E-state index contributed by atoms with van der Waals surface area (Å²) in [5.74, 6) is 0.188. The van der Waals surface area contributed by atoms with E-state index < -0.39 is 0 Å². The second-order valence-corrected chi connectivity index (χ2v) is 4.70. The van der Waals surface area contributed by atoms with Crippen LogP contribution in [-0.2, 0) is 6.54 Å². The summed E-state index contributed by atoms with van der Waals surface area (Å²) in [5.41, 5.74) is 0.862. The van der Waals surface area contributed by atoms with Gasteiger partial charge in [-0.15, -0.1) is 0 Å². The Morgan fingerprint density at radius 2 is 2.31 bits per heavy atom. The number of aliphatic hydroxyl groups excluding tert-OH is 1. The third kappa shape index (κ3) is 3.00. The second-order valence-electron chi connectivity index (χ2n) is 4.70. The molecule has 2 atom stereocenters. The first-order valence-electron chi connectivity index (χ1n) is 5.63. The van der Waals surface area contributed by atoms with E-state index in [2.05, 4.69) is 16.8 Å². The van der Waals surface area contributed by atoms with E-state index in [1.165, 1.54) is 12.3 Å². The maximum atomic E-state index is 12.9. The zero-order valence-electron chi connectivity index (χ0n) is 9.43. The molecule has 2 rings (SSSR count). The Morgan fingerprint density at radius 1 is 1.50 bits per heavy atom. The Bertz CT molecular complexity index is 349. The molecule has 1 aliphatic heterocycles. The fraction of sp³-hybridized carbons (Fsp3) is 0.583. The Morgan fingerprint density at radius 3 is 3.00 bits per heavy atom. The second kappa shape index (κ2) is 4.89. The van der Waals surface area contributed by atoms with Gasteiger partial charge in [-0.05, 0) is 24.0 Å². The van der Waals surface area contributed by atoms with Crippen LogP contribution < -0.4 is 0 Å². The maximum absolute atomic E-state index is 12.9. The van der Waals surface area contributed by atoms with E-state index in [4.69, 9.17) is 0 Å².